The summed E-state index contributed by atoms with van der Waals surface area (Å²) in [4.78, 5) is 12.9. The smallest absolute Gasteiger partial charge is 0.186 e. The van der Waals surface area contributed by atoms with Gasteiger partial charge in [0.25, 0.3) is 0 Å². The van der Waals surface area contributed by atoms with E-state index in [9.17, 15) is 4.39 Å². The highest BCUT2D eigenvalue weighted by molar-refractivity contribution is 7.10. The predicted molar refractivity (Wildman–Crippen MR) is 76.1 cm³/mol. The van der Waals surface area contributed by atoms with Crippen LogP contribution in [0.1, 0.15) is 31.5 Å². The van der Waals surface area contributed by atoms with E-state index in [0.29, 0.717) is 17.2 Å². The molecule has 0 spiro atoms. The molecule has 2 heterocycles. The van der Waals surface area contributed by atoms with Crippen molar-refractivity contribution in [1.29, 1.82) is 0 Å². The maximum Gasteiger partial charge on any atom is 0.186 e. The van der Waals surface area contributed by atoms with Crippen LogP contribution in [-0.2, 0) is 5.41 Å². The van der Waals surface area contributed by atoms with Crippen LogP contribution in [0.3, 0.4) is 0 Å². The van der Waals surface area contributed by atoms with Crippen molar-refractivity contribution in [3.8, 4) is 11.5 Å². The Morgan fingerprint density at radius 1 is 1.21 bits per heavy atom. The molecular formula is C13H17FN4S. The van der Waals surface area contributed by atoms with Crippen molar-refractivity contribution in [3.63, 3.8) is 0 Å². The Balaban J connectivity index is 2.48. The predicted octanol–water partition coefficient (Wildman–Crippen LogP) is 3.39. The molecule has 0 radical (unpaired) electrons. The van der Waals surface area contributed by atoms with Crippen LogP contribution in [0.5, 0.6) is 0 Å². The van der Waals surface area contributed by atoms with Gasteiger partial charge in [-0.05, 0) is 6.92 Å². The zero-order chi connectivity index (χ0) is 14.2. The summed E-state index contributed by atoms with van der Waals surface area (Å²) in [6, 6.07) is 0. The van der Waals surface area contributed by atoms with Gasteiger partial charge < -0.3 is 5.32 Å². The Morgan fingerprint density at radius 3 is 2.42 bits per heavy atom. The molecular weight excluding hydrogens is 263 g/mol. The molecule has 0 unspecified atom stereocenters. The van der Waals surface area contributed by atoms with Gasteiger partial charge in [0.2, 0.25) is 0 Å². The highest BCUT2D eigenvalue weighted by atomic mass is 32.1. The van der Waals surface area contributed by atoms with Gasteiger partial charge in [-0.15, -0.1) is 11.3 Å². The minimum absolute atomic E-state index is 0.0101. The molecule has 0 aliphatic heterocycles. The van der Waals surface area contributed by atoms with Crippen LogP contribution >= 0.6 is 11.3 Å². The molecule has 2 aromatic heterocycles. The van der Waals surface area contributed by atoms with Crippen LogP contribution in [0.4, 0.5) is 10.2 Å². The number of aryl methyl sites for hydroxylation is 1. The molecule has 0 aromatic carbocycles. The SMILES string of the molecule is CNc1nc(-c2csc(C(C)(C)C)n2)nc(C)c1F. The topological polar surface area (TPSA) is 50.7 Å². The van der Waals surface area contributed by atoms with Crippen LogP contribution in [-0.4, -0.2) is 22.0 Å². The van der Waals surface area contributed by atoms with Crippen molar-refractivity contribution < 1.29 is 4.39 Å². The van der Waals surface area contributed by atoms with Crippen LogP contribution < -0.4 is 5.32 Å². The third kappa shape index (κ3) is 2.73. The summed E-state index contributed by atoms with van der Waals surface area (Å²) in [5.41, 5.74) is 0.998. The van der Waals surface area contributed by atoms with Gasteiger partial charge in [-0.2, -0.15) is 0 Å². The molecule has 0 fully saturated rings. The highest BCUT2D eigenvalue weighted by Gasteiger charge is 2.20. The van der Waals surface area contributed by atoms with E-state index in [0.717, 1.165) is 5.01 Å². The molecule has 0 amide bonds. The maximum atomic E-state index is 13.7. The summed E-state index contributed by atoms with van der Waals surface area (Å²) >= 11 is 1.57. The third-order valence-corrected chi connectivity index (χ3v) is 3.90. The summed E-state index contributed by atoms with van der Waals surface area (Å²) in [5, 5.41) is 5.66. The monoisotopic (exact) mass is 280 g/mol. The number of thiazole rings is 1. The second kappa shape index (κ2) is 4.85. The molecule has 102 valence electrons. The number of rotatable bonds is 2. The van der Waals surface area contributed by atoms with Crippen LogP contribution in [0.15, 0.2) is 5.38 Å². The van der Waals surface area contributed by atoms with Gasteiger partial charge in [-0.1, -0.05) is 20.8 Å². The number of nitrogens with zero attached hydrogens (tertiary/aromatic N) is 3. The van der Waals surface area contributed by atoms with Crippen molar-refractivity contribution >= 4 is 17.2 Å². The number of nitrogens with one attached hydrogen (secondary N) is 1. The van der Waals surface area contributed by atoms with Gasteiger partial charge in [0.05, 0.1) is 10.7 Å². The minimum Gasteiger partial charge on any atom is -0.371 e. The molecule has 0 saturated heterocycles. The second-order valence-electron chi connectivity index (χ2n) is 5.33. The average molecular weight is 280 g/mol. The zero-order valence-electron chi connectivity index (χ0n) is 11.7. The fourth-order valence-corrected chi connectivity index (χ4v) is 2.45. The van der Waals surface area contributed by atoms with Gasteiger partial charge in [0, 0.05) is 17.8 Å². The lowest BCUT2D eigenvalue weighted by atomic mass is 9.98. The number of aromatic nitrogens is 3. The molecule has 2 aromatic rings. The molecule has 1 N–H and O–H groups in total. The lowest BCUT2D eigenvalue weighted by Gasteiger charge is -2.13. The van der Waals surface area contributed by atoms with Gasteiger partial charge in [0.1, 0.15) is 5.69 Å². The number of halogens is 1. The van der Waals surface area contributed by atoms with Crippen molar-refractivity contribution in [2.45, 2.75) is 33.1 Å². The van der Waals surface area contributed by atoms with E-state index in [4.69, 9.17) is 0 Å². The summed E-state index contributed by atoms with van der Waals surface area (Å²) in [7, 11) is 1.64. The van der Waals surface area contributed by atoms with Crippen LogP contribution in [0.25, 0.3) is 11.5 Å². The highest BCUT2D eigenvalue weighted by Crippen LogP contribution is 2.29. The first-order chi connectivity index (χ1) is 8.82. The van der Waals surface area contributed by atoms with Gasteiger partial charge >= 0.3 is 0 Å². The quantitative estimate of drug-likeness (QED) is 0.916. The summed E-state index contributed by atoms with van der Waals surface area (Å²) < 4.78 is 13.7. The Labute approximate surface area is 116 Å². The lowest BCUT2D eigenvalue weighted by molar-refractivity contribution is 0.585. The third-order valence-electron chi connectivity index (χ3n) is 2.63. The molecule has 0 atom stereocenters. The second-order valence-corrected chi connectivity index (χ2v) is 6.19. The van der Waals surface area contributed by atoms with E-state index in [2.05, 4.69) is 41.0 Å². The molecule has 0 aliphatic carbocycles. The number of anilines is 1. The first-order valence-corrected chi connectivity index (χ1v) is 6.89. The Kier molecular flexibility index (Phi) is 3.54. The average Bonchev–Trinajstić information content (AvgIpc) is 2.81. The number of hydrogen-bond acceptors (Lipinski definition) is 5. The Morgan fingerprint density at radius 2 is 1.89 bits per heavy atom. The van der Waals surface area contributed by atoms with Gasteiger partial charge in [0.15, 0.2) is 17.5 Å². The van der Waals surface area contributed by atoms with Crippen LogP contribution in [0.2, 0.25) is 0 Å². The van der Waals surface area contributed by atoms with Gasteiger partial charge in [-0.3, -0.25) is 0 Å². The molecule has 6 heteroatoms. The Hall–Kier alpha value is -1.56. The van der Waals surface area contributed by atoms with Crippen molar-refractivity contribution in [2.75, 3.05) is 12.4 Å². The largest absolute Gasteiger partial charge is 0.371 e. The van der Waals surface area contributed by atoms with E-state index < -0.39 is 5.82 Å². The lowest BCUT2D eigenvalue weighted by Crippen LogP contribution is -2.10. The molecule has 2 rings (SSSR count). The fourth-order valence-electron chi connectivity index (χ4n) is 1.56. The van der Waals surface area contributed by atoms with E-state index >= 15 is 0 Å². The molecule has 4 nitrogen and oxygen atoms in total. The molecule has 0 aliphatic rings. The van der Waals surface area contributed by atoms with Crippen molar-refractivity contribution in [1.82, 2.24) is 15.0 Å². The fraction of sp³-hybridized carbons (Fsp3) is 0.462. The standard InChI is InChI=1S/C13H17FN4S/c1-7-9(14)11(15-5)18-10(16-7)8-6-19-12(17-8)13(2,3)4/h6H,1-5H3,(H,15,16,18). The Bertz CT molecular complexity index is 601. The van der Waals surface area contributed by atoms with Crippen molar-refractivity contribution in [2.24, 2.45) is 0 Å². The normalized spacial score (nSPS) is 11.7. The zero-order valence-corrected chi connectivity index (χ0v) is 12.5. The number of hydrogen-bond donors (Lipinski definition) is 1. The molecule has 0 saturated carbocycles. The first kappa shape index (κ1) is 13.9. The maximum absolute atomic E-state index is 13.7. The minimum atomic E-state index is -0.419. The molecule has 19 heavy (non-hydrogen) atoms. The van der Waals surface area contributed by atoms with E-state index in [1.54, 1.807) is 25.3 Å². The van der Waals surface area contributed by atoms with E-state index in [1.165, 1.54) is 0 Å². The summed E-state index contributed by atoms with van der Waals surface area (Å²) in [6.07, 6.45) is 0. The first-order valence-electron chi connectivity index (χ1n) is 6.01. The van der Waals surface area contributed by atoms with Crippen molar-refractivity contribution in [3.05, 3.63) is 21.9 Å². The summed E-state index contributed by atoms with van der Waals surface area (Å²) in [6.45, 7) is 7.93. The van der Waals surface area contributed by atoms with Gasteiger partial charge in [-0.25, -0.2) is 19.3 Å². The van der Waals surface area contributed by atoms with Crippen LogP contribution in [0, 0.1) is 12.7 Å². The summed E-state index contributed by atoms with van der Waals surface area (Å²) in [5.74, 6) is 0.236. The van der Waals surface area contributed by atoms with E-state index in [1.807, 2.05) is 5.38 Å². The van der Waals surface area contributed by atoms with E-state index in [-0.39, 0.29) is 11.2 Å². The molecule has 0 bridgehead atoms.